The highest BCUT2D eigenvalue weighted by Gasteiger charge is 1.96. The van der Waals surface area contributed by atoms with Gasteiger partial charge < -0.3 is 5.32 Å². The van der Waals surface area contributed by atoms with Gasteiger partial charge in [-0.25, -0.2) is 4.39 Å². The van der Waals surface area contributed by atoms with E-state index in [9.17, 15) is 4.39 Å². The van der Waals surface area contributed by atoms with Crippen LogP contribution >= 0.6 is 11.6 Å². The van der Waals surface area contributed by atoms with E-state index in [0.717, 1.165) is 10.6 Å². The van der Waals surface area contributed by atoms with Crippen molar-refractivity contribution < 1.29 is 4.39 Å². The molecule has 0 bridgehead atoms. The fourth-order valence-corrected chi connectivity index (χ4v) is 1.13. The van der Waals surface area contributed by atoms with Crippen LogP contribution in [0.1, 0.15) is 5.56 Å². The molecule has 1 N–H and O–H groups in total. The van der Waals surface area contributed by atoms with E-state index in [-0.39, 0.29) is 6.67 Å². The average Bonchev–Trinajstić information content (AvgIpc) is 2.09. The predicted molar refractivity (Wildman–Crippen MR) is 49.1 cm³/mol. The topological polar surface area (TPSA) is 12.0 Å². The van der Waals surface area contributed by atoms with Gasteiger partial charge in [0.25, 0.3) is 0 Å². The lowest BCUT2D eigenvalue weighted by molar-refractivity contribution is 0.467. The van der Waals surface area contributed by atoms with Gasteiger partial charge in [0.1, 0.15) is 6.67 Å². The molecule has 0 aromatic heterocycles. The summed E-state index contributed by atoms with van der Waals surface area (Å²) in [4.78, 5) is 0. The maximum absolute atomic E-state index is 11.7. The second-order valence-electron chi connectivity index (χ2n) is 2.46. The molecule has 0 radical (unpaired) electrons. The van der Waals surface area contributed by atoms with Crippen molar-refractivity contribution in [1.82, 2.24) is 5.32 Å². The Balaban J connectivity index is 2.46. The molecule has 1 rings (SSSR count). The third-order valence-corrected chi connectivity index (χ3v) is 1.91. The molecule has 0 heterocycles. The Morgan fingerprint density at radius 3 is 2.75 bits per heavy atom. The highest BCUT2D eigenvalue weighted by molar-refractivity contribution is 6.31. The van der Waals surface area contributed by atoms with Gasteiger partial charge in [0.15, 0.2) is 0 Å². The van der Waals surface area contributed by atoms with Crippen LogP contribution in [-0.4, -0.2) is 13.2 Å². The van der Waals surface area contributed by atoms with E-state index in [1.54, 1.807) is 0 Å². The van der Waals surface area contributed by atoms with Crippen LogP contribution < -0.4 is 5.32 Å². The first-order valence-electron chi connectivity index (χ1n) is 3.84. The number of hydrogen-bond donors (Lipinski definition) is 1. The number of nitrogens with one attached hydrogen (secondary N) is 1. The Labute approximate surface area is 76.5 Å². The highest BCUT2D eigenvalue weighted by atomic mass is 35.5. The minimum Gasteiger partial charge on any atom is -0.310 e. The zero-order valence-corrected chi connectivity index (χ0v) is 7.44. The lowest BCUT2D eigenvalue weighted by atomic mass is 10.2. The molecule has 0 atom stereocenters. The molecule has 0 unspecified atom stereocenters. The Morgan fingerprint density at radius 1 is 1.33 bits per heavy atom. The van der Waals surface area contributed by atoms with Crippen LogP contribution in [0.5, 0.6) is 0 Å². The normalized spacial score (nSPS) is 10.2. The van der Waals surface area contributed by atoms with Gasteiger partial charge in [0, 0.05) is 18.1 Å². The maximum atomic E-state index is 11.7. The van der Waals surface area contributed by atoms with Crippen LogP contribution in [-0.2, 0) is 6.54 Å². The highest BCUT2D eigenvalue weighted by Crippen LogP contribution is 2.13. The van der Waals surface area contributed by atoms with E-state index in [0.29, 0.717) is 13.1 Å². The molecule has 1 aromatic rings. The first-order chi connectivity index (χ1) is 5.84. The van der Waals surface area contributed by atoms with Gasteiger partial charge in [-0.3, -0.25) is 0 Å². The lowest BCUT2D eigenvalue weighted by Crippen LogP contribution is -2.16. The molecule has 0 fully saturated rings. The van der Waals surface area contributed by atoms with Crippen LogP contribution in [0.15, 0.2) is 24.3 Å². The summed E-state index contributed by atoms with van der Waals surface area (Å²) in [6.45, 7) is 0.666. The van der Waals surface area contributed by atoms with Crippen molar-refractivity contribution in [2.24, 2.45) is 0 Å². The van der Waals surface area contributed by atoms with Gasteiger partial charge >= 0.3 is 0 Å². The second-order valence-corrected chi connectivity index (χ2v) is 2.86. The van der Waals surface area contributed by atoms with Gasteiger partial charge in [-0.2, -0.15) is 0 Å². The molecular formula is C9H11ClFN. The van der Waals surface area contributed by atoms with Crippen molar-refractivity contribution in [3.05, 3.63) is 34.9 Å². The lowest BCUT2D eigenvalue weighted by Gasteiger charge is -2.03. The minimum atomic E-state index is -0.343. The zero-order valence-electron chi connectivity index (χ0n) is 6.69. The molecule has 1 nitrogen and oxygen atoms in total. The number of halogens is 2. The molecule has 0 aliphatic rings. The first-order valence-corrected chi connectivity index (χ1v) is 4.22. The van der Waals surface area contributed by atoms with Crippen molar-refractivity contribution in [2.75, 3.05) is 13.2 Å². The molecule has 12 heavy (non-hydrogen) atoms. The molecule has 0 amide bonds. The van der Waals surface area contributed by atoms with Gasteiger partial charge in [0.05, 0.1) is 0 Å². The Bertz CT molecular complexity index is 240. The van der Waals surface area contributed by atoms with Crippen LogP contribution in [0.4, 0.5) is 4.39 Å². The van der Waals surface area contributed by atoms with Gasteiger partial charge in [-0.05, 0) is 11.6 Å². The van der Waals surface area contributed by atoms with Gasteiger partial charge in [-0.15, -0.1) is 0 Å². The van der Waals surface area contributed by atoms with E-state index in [1.807, 2.05) is 24.3 Å². The molecule has 1 aromatic carbocycles. The van der Waals surface area contributed by atoms with E-state index < -0.39 is 0 Å². The average molecular weight is 188 g/mol. The summed E-state index contributed by atoms with van der Waals surface area (Å²) in [5.74, 6) is 0. The molecule has 0 aliphatic heterocycles. The molecule has 0 saturated carbocycles. The summed E-state index contributed by atoms with van der Waals surface area (Å²) >= 11 is 5.87. The fourth-order valence-electron chi connectivity index (χ4n) is 0.932. The van der Waals surface area contributed by atoms with Gasteiger partial charge in [0.2, 0.25) is 0 Å². The molecule has 3 heteroatoms. The SMILES string of the molecule is FCCNCc1ccccc1Cl. The predicted octanol–water partition coefficient (Wildman–Crippen LogP) is 2.40. The molecule has 66 valence electrons. The van der Waals surface area contributed by atoms with Crippen molar-refractivity contribution in [1.29, 1.82) is 0 Å². The Kier molecular flexibility index (Phi) is 4.05. The molecule has 0 spiro atoms. The Hall–Kier alpha value is -0.600. The standard InChI is InChI=1S/C9H11ClFN/c10-9-4-2-1-3-8(9)7-12-6-5-11/h1-4,12H,5-7H2. The van der Waals surface area contributed by atoms with Crippen LogP contribution in [0.3, 0.4) is 0 Å². The number of rotatable bonds is 4. The van der Waals surface area contributed by atoms with Crippen molar-refractivity contribution in [3.8, 4) is 0 Å². The molecular weight excluding hydrogens is 177 g/mol. The quantitative estimate of drug-likeness (QED) is 0.714. The van der Waals surface area contributed by atoms with Gasteiger partial charge in [-0.1, -0.05) is 29.8 Å². The van der Waals surface area contributed by atoms with E-state index in [4.69, 9.17) is 11.6 Å². The minimum absolute atomic E-state index is 0.343. The number of hydrogen-bond acceptors (Lipinski definition) is 1. The summed E-state index contributed by atoms with van der Waals surface area (Å²) in [5.41, 5.74) is 1.01. The monoisotopic (exact) mass is 187 g/mol. The zero-order chi connectivity index (χ0) is 8.81. The fraction of sp³-hybridized carbons (Fsp3) is 0.333. The van der Waals surface area contributed by atoms with Crippen LogP contribution in [0.25, 0.3) is 0 Å². The Morgan fingerprint density at radius 2 is 2.08 bits per heavy atom. The molecule has 0 aliphatic carbocycles. The van der Waals surface area contributed by atoms with E-state index in [2.05, 4.69) is 5.32 Å². The summed E-state index contributed by atoms with van der Waals surface area (Å²) < 4.78 is 11.7. The summed E-state index contributed by atoms with van der Waals surface area (Å²) in [5, 5.41) is 3.66. The summed E-state index contributed by atoms with van der Waals surface area (Å²) in [6.07, 6.45) is 0. The summed E-state index contributed by atoms with van der Waals surface area (Å²) in [7, 11) is 0. The summed E-state index contributed by atoms with van der Waals surface area (Å²) in [6, 6.07) is 7.54. The third-order valence-electron chi connectivity index (χ3n) is 1.54. The third kappa shape index (κ3) is 2.80. The van der Waals surface area contributed by atoms with Crippen molar-refractivity contribution in [3.63, 3.8) is 0 Å². The van der Waals surface area contributed by atoms with E-state index in [1.165, 1.54) is 0 Å². The maximum Gasteiger partial charge on any atom is 0.102 e. The number of alkyl halides is 1. The largest absolute Gasteiger partial charge is 0.310 e. The van der Waals surface area contributed by atoms with Crippen LogP contribution in [0, 0.1) is 0 Å². The smallest absolute Gasteiger partial charge is 0.102 e. The number of benzene rings is 1. The van der Waals surface area contributed by atoms with Crippen molar-refractivity contribution >= 4 is 11.6 Å². The van der Waals surface area contributed by atoms with E-state index >= 15 is 0 Å². The molecule has 0 saturated heterocycles. The first kappa shape index (κ1) is 9.49. The van der Waals surface area contributed by atoms with Crippen LogP contribution in [0.2, 0.25) is 5.02 Å². The van der Waals surface area contributed by atoms with Crippen molar-refractivity contribution in [2.45, 2.75) is 6.54 Å². The second kappa shape index (κ2) is 5.12.